The maximum Gasteiger partial charge on any atom is 0.180 e. The summed E-state index contributed by atoms with van der Waals surface area (Å²) in [6.45, 7) is 4.48. The van der Waals surface area contributed by atoms with Crippen LogP contribution >= 0.6 is 0 Å². The Morgan fingerprint density at radius 2 is 2.15 bits per heavy atom. The number of anilines is 1. The molecule has 0 aliphatic carbocycles. The van der Waals surface area contributed by atoms with Crippen molar-refractivity contribution >= 4 is 15.5 Å². The van der Waals surface area contributed by atoms with E-state index in [1.165, 1.54) is 0 Å². The zero-order valence-corrected chi connectivity index (χ0v) is 12.8. The predicted octanol–water partition coefficient (Wildman–Crippen LogP) is 0.905. The van der Waals surface area contributed by atoms with Crippen LogP contribution in [-0.4, -0.2) is 53.6 Å². The van der Waals surface area contributed by atoms with Crippen molar-refractivity contribution < 1.29 is 13.2 Å². The van der Waals surface area contributed by atoms with E-state index in [4.69, 9.17) is 4.74 Å². The zero-order chi connectivity index (χ0) is 14.6. The van der Waals surface area contributed by atoms with Crippen molar-refractivity contribution in [3.63, 3.8) is 0 Å². The molecule has 1 aliphatic rings. The van der Waals surface area contributed by atoms with E-state index in [9.17, 15) is 8.42 Å². The van der Waals surface area contributed by atoms with Crippen molar-refractivity contribution in [3.05, 3.63) is 24.3 Å². The lowest BCUT2D eigenvalue weighted by Crippen LogP contribution is -2.46. The van der Waals surface area contributed by atoms with Crippen LogP contribution < -0.4 is 10.2 Å². The summed E-state index contributed by atoms with van der Waals surface area (Å²) in [5.74, 6) is 0.119. The maximum absolute atomic E-state index is 12.2. The summed E-state index contributed by atoms with van der Waals surface area (Å²) in [5, 5.41) is 3.10. The van der Waals surface area contributed by atoms with E-state index >= 15 is 0 Å². The second-order valence-corrected chi connectivity index (χ2v) is 7.11. The lowest BCUT2D eigenvalue weighted by molar-refractivity contribution is 0.0420. The van der Waals surface area contributed by atoms with Gasteiger partial charge in [0.2, 0.25) is 0 Å². The Hall–Kier alpha value is -1.11. The first-order chi connectivity index (χ1) is 9.58. The monoisotopic (exact) mass is 298 g/mol. The molecule has 112 valence electrons. The SMILES string of the molecule is CCS(=O)(=O)c1ccccc1N1CCOC(CNC)C1. The fraction of sp³-hybridized carbons (Fsp3) is 0.571. The van der Waals surface area contributed by atoms with E-state index in [-0.39, 0.29) is 11.9 Å². The number of rotatable bonds is 5. The molecule has 1 saturated heterocycles. The third kappa shape index (κ3) is 3.31. The lowest BCUT2D eigenvalue weighted by atomic mass is 10.2. The van der Waals surface area contributed by atoms with E-state index < -0.39 is 9.84 Å². The fourth-order valence-electron chi connectivity index (χ4n) is 2.43. The molecule has 1 heterocycles. The molecule has 20 heavy (non-hydrogen) atoms. The molecule has 1 aromatic carbocycles. The van der Waals surface area contributed by atoms with Crippen molar-refractivity contribution in [2.75, 3.05) is 43.9 Å². The number of likely N-dealkylation sites (N-methyl/N-ethyl adjacent to an activating group) is 1. The van der Waals surface area contributed by atoms with Crippen LogP contribution in [0.15, 0.2) is 29.2 Å². The molecule has 0 amide bonds. The van der Waals surface area contributed by atoms with Gasteiger partial charge >= 0.3 is 0 Å². The highest BCUT2D eigenvalue weighted by Crippen LogP contribution is 2.27. The highest BCUT2D eigenvalue weighted by molar-refractivity contribution is 7.91. The molecule has 1 N–H and O–H groups in total. The van der Waals surface area contributed by atoms with Crippen LogP contribution in [0.25, 0.3) is 0 Å². The summed E-state index contributed by atoms with van der Waals surface area (Å²) in [6.07, 6.45) is 0.0890. The van der Waals surface area contributed by atoms with Gasteiger partial charge in [-0.05, 0) is 19.2 Å². The van der Waals surface area contributed by atoms with Crippen molar-refractivity contribution in [1.29, 1.82) is 0 Å². The van der Waals surface area contributed by atoms with E-state index in [0.29, 0.717) is 18.0 Å². The Balaban J connectivity index is 2.29. The molecule has 0 saturated carbocycles. The number of para-hydroxylation sites is 1. The van der Waals surface area contributed by atoms with Gasteiger partial charge in [-0.2, -0.15) is 0 Å². The normalized spacial score (nSPS) is 20.1. The number of hydrogen-bond donors (Lipinski definition) is 1. The minimum Gasteiger partial charge on any atom is -0.373 e. The number of nitrogens with one attached hydrogen (secondary N) is 1. The van der Waals surface area contributed by atoms with Crippen LogP contribution in [0.1, 0.15) is 6.92 Å². The third-order valence-corrected chi connectivity index (χ3v) is 5.27. The van der Waals surface area contributed by atoms with Gasteiger partial charge in [0.05, 0.1) is 29.0 Å². The smallest absolute Gasteiger partial charge is 0.180 e. The fourth-order valence-corrected chi connectivity index (χ4v) is 3.54. The molecule has 0 aromatic heterocycles. The highest BCUT2D eigenvalue weighted by Gasteiger charge is 2.25. The van der Waals surface area contributed by atoms with Crippen molar-refractivity contribution in [1.82, 2.24) is 5.32 Å². The van der Waals surface area contributed by atoms with Crippen molar-refractivity contribution in [2.45, 2.75) is 17.9 Å². The average Bonchev–Trinajstić information content (AvgIpc) is 2.48. The molecule has 0 bridgehead atoms. The van der Waals surface area contributed by atoms with Gasteiger partial charge in [0.1, 0.15) is 0 Å². The molecule has 1 aliphatic heterocycles. The number of nitrogens with zero attached hydrogens (tertiary/aromatic N) is 1. The third-order valence-electron chi connectivity index (χ3n) is 3.49. The van der Waals surface area contributed by atoms with Gasteiger partial charge in [-0.1, -0.05) is 19.1 Å². The maximum atomic E-state index is 12.2. The van der Waals surface area contributed by atoms with Crippen molar-refractivity contribution in [3.8, 4) is 0 Å². The minimum atomic E-state index is -3.21. The van der Waals surface area contributed by atoms with Gasteiger partial charge in [-0.25, -0.2) is 8.42 Å². The van der Waals surface area contributed by atoms with E-state index in [1.807, 2.05) is 19.2 Å². The van der Waals surface area contributed by atoms with E-state index in [2.05, 4.69) is 10.2 Å². The van der Waals surface area contributed by atoms with Gasteiger partial charge in [0.25, 0.3) is 0 Å². The summed E-state index contributed by atoms with van der Waals surface area (Å²) < 4.78 is 30.1. The summed E-state index contributed by atoms with van der Waals surface area (Å²) in [5.41, 5.74) is 0.791. The Morgan fingerprint density at radius 1 is 1.40 bits per heavy atom. The second-order valence-electron chi connectivity index (χ2n) is 4.87. The first kappa shape index (κ1) is 15.3. The summed E-state index contributed by atoms with van der Waals surface area (Å²) in [6, 6.07) is 7.23. The number of morpholine rings is 1. The van der Waals surface area contributed by atoms with Crippen LogP contribution in [0.4, 0.5) is 5.69 Å². The Bertz CT molecular complexity index is 543. The molecule has 1 fully saturated rings. The van der Waals surface area contributed by atoms with Crippen LogP contribution in [0.3, 0.4) is 0 Å². The number of sulfone groups is 1. The van der Waals surface area contributed by atoms with E-state index in [1.54, 1.807) is 19.1 Å². The number of benzene rings is 1. The first-order valence-electron chi connectivity index (χ1n) is 6.91. The standard InChI is InChI=1S/C14H22N2O3S/c1-3-20(17,18)14-7-5-4-6-13(14)16-8-9-19-12(11-16)10-15-2/h4-7,12,15H,3,8-11H2,1-2H3. The van der Waals surface area contributed by atoms with Crippen molar-refractivity contribution in [2.24, 2.45) is 0 Å². The zero-order valence-electron chi connectivity index (χ0n) is 12.0. The van der Waals surface area contributed by atoms with Gasteiger partial charge < -0.3 is 15.0 Å². The Morgan fingerprint density at radius 3 is 2.85 bits per heavy atom. The molecule has 1 unspecified atom stereocenters. The first-order valence-corrected chi connectivity index (χ1v) is 8.56. The molecule has 2 rings (SSSR count). The van der Waals surface area contributed by atoms with Crippen LogP contribution in [0.5, 0.6) is 0 Å². The Labute approximate surface area is 120 Å². The molecule has 5 nitrogen and oxygen atoms in total. The van der Waals surface area contributed by atoms with Gasteiger partial charge in [-0.3, -0.25) is 0 Å². The number of ether oxygens (including phenoxy) is 1. The summed E-state index contributed by atoms with van der Waals surface area (Å²) >= 11 is 0. The highest BCUT2D eigenvalue weighted by atomic mass is 32.2. The summed E-state index contributed by atoms with van der Waals surface area (Å²) in [7, 11) is -1.32. The van der Waals surface area contributed by atoms with Gasteiger partial charge in [0.15, 0.2) is 9.84 Å². The molecule has 0 spiro atoms. The molecule has 0 radical (unpaired) electrons. The molecule has 6 heteroatoms. The molecular formula is C14H22N2O3S. The lowest BCUT2D eigenvalue weighted by Gasteiger charge is -2.35. The number of hydrogen-bond acceptors (Lipinski definition) is 5. The van der Waals surface area contributed by atoms with E-state index in [0.717, 1.165) is 18.8 Å². The van der Waals surface area contributed by atoms with Gasteiger partial charge in [0, 0.05) is 19.6 Å². The van der Waals surface area contributed by atoms with Crippen LogP contribution in [0, 0.1) is 0 Å². The average molecular weight is 298 g/mol. The van der Waals surface area contributed by atoms with Crippen LogP contribution in [-0.2, 0) is 14.6 Å². The predicted molar refractivity (Wildman–Crippen MR) is 80.0 cm³/mol. The minimum absolute atomic E-state index is 0.0890. The largest absolute Gasteiger partial charge is 0.373 e. The van der Waals surface area contributed by atoms with Gasteiger partial charge in [-0.15, -0.1) is 0 Å². The summed E-state index contributed by atoms with van der Waals surface area (Å²) in [4.78, 5) is 2.53. The molecular weight excluding hydrogens is 276 g/mol. The second kappa shape index (κ2) is 6.56. The molecule has 1 atom stereocenters. The topological polar surface area (TPSA) is 58.6 Å². The Kier molecular flexibility index (Phi) is 5.01. The quantitative estimate of drug-likeness (QED) is 0.875. The molecule has 1 aromatic rings. The van der Waals surface area contributed by atoms with Crippen LogP contribution in [0.2, 0.25) is 0 Å².